The molecule has 0 aliphatic carbocycles. The lowest BCUT2D eigenvalue weighted by molar-refractivity contribution is -0.167. The highest BCUT2D eigenvalue weighted by atomic mass is 16.6. The van der Waals surface area contributed by atoms with E-state index in [2.05, 4.69) is 26.6 Å². The molecule has 0 saturated carbocycles. The maximum Gasteiger partial charge on any atom is 0.336 e. The van der Waals surface area contributed by atoms with Crippen LogP contribution >= 0.6 is 0 Å². The third-order valence-corrected chi connectivity index (χ3v) is 14.4. The topological polar surface area (TPSA) is 320 Å². The highest BCUT2D eigenvalue weighted by molar-refractivity contribution is 5.97. The molecule has 0 spiro atoms. The highest BCUT2D eigenvalue weighted by Gasteiger charge is 2.42. The van der Waals surface area contributed by atoms with E-state index in [1.165, 1.54) is 46.8 Å². The number of aliphatic hydroxyl groups excluding tert-OH is 2. The van der Waals surface area contributed by atoms with E-state index in [0.29, 0.717) is 6.42 Å². The molecule has 0 aromatic carbocycles. The molecule has 0 bridgehead atoms. The fourth-order valence-electron chi connectivity index (χ4n) is 8.92. The smallest absolute Gasteiger partial charge is 0.336 e. The lowest BCUT2D eigenvalue weighted by Gasteiger charge is -2.37. The summed E-state index contributed by atoms with van der Waals surface area (Å²) in [5.74, 6) is -10.5. The number of carbonyl (C=O) groups excluding carboxylic acids is 9. The number of rotatable bonds is 35. The number of aliphatic carboxylic acids is 1. The first-order valence-electron chi connectivity index (χ1n) is 28.1. The molecule has 8 N–H and O–H groups in total. The molecule has 79 heavy (non-hydrogen) atoms. The molecule has 4 unspecified atom stereocenters. The van der Waals surface area contributed by atoms with Gasteiger partial charge in [-0.05, 0) is 88.5 Å². The number of carbonyl (C=O) groups is 10. The van der Waals surface area contributed by atoms with E-state index in [0.717, 1.165) is 16.2 Å². The van der Waals surface area contributed by atoms with Gasteiger partial charge in [-0.1, -0.05) is 110 Å². The summed E-state index contributed by atoms with van der Waals surface area (Å²) in [5, 5.41) is 44.9. The Kier molecular flexibility index (Phi) is 32.3. The number of hydrogen-bond donors (Lipinski definition) is 8. The normalized spacial score (nSPS) is 17.1. The van der Waals surface area contributed by atoms with Gasteiger partial charge < -0.3 is 66.1 Å². The minimum absolute atomic E-state index is 0.0211. The van der Waals surface area contributed by atoms with Crippen molar-refractivity contribution < 1.29 is 72.7 Å². The Labute approximate surface area is 470 Å². The lowest BCUT2D eigenvalue weighted by atomic mass is 9.94. The van der Waals surface area contributed by atoms with Crippen molar-refractivity contribution in [1.29, 1.82) is 0 Å². The minimum Gasteiger partial charge on any atom is -0.480 e. The number of carboxylic acids is 1. The van der Waals surface area contributed by atoms with Gasteiger partial charge in [-0.25, -0.2) is 14.4 Å². The van der Waals surface area contributed by atoms with Crippen LogP contribution in [0.5, 0.6) is 0 Å². The molecule has 7 amide bonds. The SMILES string of the molecule is CCC(C)C(CC(=O)NC(C(=O)O)C(C)OC(=O)[C@H](CC(C)C)N(C)C(=O)[C@H](C)NC(=O)[C@H](C(C)C)N(C)C(=O)[C@@H](NC(=O)[C@H](CC(C)C)N(C)C(=O)[C@@H](NC(=O)[C@H](CC(C)C)OC(=O)[C@@H](O)C(C)C)[C@@H](C)CC)[C@@H](C)O)NC. The van der Waals surface area contributed by atoms with Gasteiger partial charge in [0.15, 0.2) is 18.2 Å². The largest absolute Gasteiger partial charge is 0.480 e. The number of likely N-dealkylation sites (N-methyl/N-ethyl adjacent to an activating group) is 3. The Bertz CT molecular complexity index is 2020. The summed E-state index contributed by atoms with van der Waals surface area (Å²) in [6, 6.07) is -9.79. The van der Waals surface area contributed by atoms with Crippen LogP contribution in [0.15, 0.2) is 0 Å². The number of nitrogens with one attached hydrogen (secondary N) is 5. The molecule has 0 saturated heterocycles. The summed E-state index contributed by atoms with van der Waals surface area (Å²) < 4.78 is 11.1. The van der Waals surface area contributed by atoms with Gasteiger partial charge in [0.1, 0.15) is 42.4 Å². The molecule has 14 atom stereocenters. The van der Waals surface area contributed by atoms with Crippen LogP contribution in [0.1, 0.15) is 156 Å². The molecule has 456 valence electrons. The first-order chi connectivity index (χ1) is 36.4. The van der Waals surface area contributed by atoms with Crippen molar-refractivity contribution in [1.82, 2.24) is 41.3 Å². The summed E-state index contributed by atoms with van der Waals surface area (Å²) in [4.78, 5) is 141. The summed E-state index contributed by atoms with van der Waals surface area (Å²) in [6.45, 7) is 28.8. The molecule has 0 heterocycles. The quantitative estimate of drug-likeness (QED) is 0.0423. The van der Waals surface area contributed by atoms with E-state index in [4.69, 9.17) is 9.47 Å². The first-order valence-corrected chi connectivity index (χ1v) is 28.1. The van der Waals surface area contributed by atoms with E-state index in [9.17, 15) is 63.3 Å². The second-order valence-electron chi connectivity index (χ2n) is 23.4. The molecule has 0 radical (unpaired) electrons. The molecule has 0 aliphatic heterocycles. The van der Waals surface area contributed by atoms with Gasteiger partial charge in [0.25, 0.3) is 5.91 Å². The van der Waals surface area contributed by atoms with E-state index >= 15 is 0 Å². The number of esters is 2. The Morgan fingerprint density at radius 1 is 0.506 bits per heavy atom. The predicted octanol–water partition coefficient (Wildman–Crippen LogP) is 2.62. The Balaban J connectivity index is 6.64. The van der Waals surface area contributed by atoms with Crippen molar-refractivity contribution >= 4 is 59.3 Å². The Hall–Kier alpha value is -5.42. The number of nitrogens with zero attached hydrogens (tertiary/aromatic N) is 3. The summed E-state index contributed by atoms with van der Waals surface area (Å²) in [6.07, 6.45) is -4.31. The molecule has 0 rings (SSSR count). The van der Waals surface area contributed by atoms with E-state index in [1.54, 1.807) is 55.5 Å². The molecule has 0 aliphatic rings. The second-order valence-corrected chi connectivity index (χ2v) is 23.4. The highest BCUT2D eigenvalue weighted by Crippen LogP contribution is 2.22. The average Bonchev–Trinajstić information content (AvgIpc) is 3.35. The van der Waals surface area contributed by atoms with Gasteiger partial charge in [-0.15, -0.1) is 0 Å². The first kappa shape index (κ1) is 73.6. The third-order valence-electron chi connectivity index (χ3n) is 14.4. The van der Waals surface area contributed by atoms with Gasteiger partial charge in [0.2, 0.25) is 35.4 Å². The Morgan fingerprint density at radius 2 is 0.987 bits per heavy atom. The number of ether oxygens (including phenoxy) is 2. The van der Waals surface area contributed by atoms with Gasteiger partial charge in [-0.2, -0.15) is 0 Å². The van der Waals surface area contributed by atoms with Gasteiger partial charge in [0, 0.05) is 33.6 Å². The summed E-state index contributed by atoms with van der Waals surface area (Å²) in [7, 11) is 5.72. The van der Waals surface area contributed by atoms with Crippen molar-refractivity contribution in [3.8, 4) is 0 Å². The predicted molar refractivity (Wildman–Crippen MR) is 298 cm³/mol. The van der Waals surface area contributed by atoms with Gasteiger partial charge in [-0.3, -0.25) is 33.6 Å². The van der Waals surface area contributed by atoms with Crippen LogP contribution in [0.25, 0.3) is 0 Å². The molecular formula is C56H102N8O15. The van der Waals surface area contributed by atoms with Crippen molar-refractivity contribution in [3.63, 3.8) is 0 Å². The van der Waals surface area contributed by atoms with E-state index < -0.39 is 144 Å². The maximum absolute atomic E-state index is 14.5. The fraction of sp³-hybridized carbons (Fsp3) is 0.821. The monoisotopic (exact) mass is 1130 g/mol. The van der Waals surface area contributed by atoms with Crippen LogP contribution in [0.3, 0.4) is 0 Å². The van der Waals surface area contributed by atoms with E-state index in [-0.39, 0.29) is 55.4 Å². The molecular weight excluding hydrogens is 1020 g/mol. The van der Waals surface area contributed by atoms with E-state index in [1.807, 2.05) is 48.5 Å². The number of aliphatic hydroxyl groups is 2. The Morgan fingerprint density at radius 3 is 1.43 bits per heavy atom. The van der Waals surface area contributed by atoms with Crippen LogP contribution < -0.4 is 26.6 Å². The zero-order valence-corrected chi connectivity index (χ0v) is 51.3. The van der Waals surface area contributed by atoms with Crippen LogP contribution in [-0.2, 0) is 57.4 Å². The molecule has 0 fully saturated rings. The van der Waals surface area contributed by atoms with Crippen LogP contribution in [0.4, 0.5) is 0 Å². The van der Waals surface area contributed by atoms with Crippen molar-refractivity contribution in [2.24, 2.45) is 41.4 Å². The zero-order valence-electron chi connectivity index (χ0n) is 51.3. The van der Waals surface area contributed by atoms with Gasteiger partial charge in [0.05, 0.1) is 6.10 Å². The molecule has 0 aromatic rings. The van der Waals surface area contributed by atoms with Crippen molar-refractivity contribution in [2.45, 2.75) is 229 Å². The van der Waals surface area contributed by atoms with Crippen molar-refractivity contribution in [3.05, 3.63) is 0 Å². The van der Waals surface area contributed by atoms with Crippen LogP contribution in [0.2, 0.25) is 0 Å². The summed E-state index contributed by atoms with van der Waals surface area (Å²) in [5.41, 5.74) is 0. The van der Waals surface area contributed by atoms with Gasteiger partial charge >= 0.3 is 17.9 Å². The second kappa shape index (κ2) is 34.7. The maximum atomic E-state index is 14.5. The number of hydrogen-bond acceptors (Lipinski definition) is 15. The fourth-order valence-corrected chi connectivity index (χ4v) is 8.92. The third kappa shape index (κ3) is 23.3. The standard InChI is InChI=1S/C56H102N8O15/c1-22-33(13)38(57-18)27-42(66)59-45(54(74)75)37(17)78-55(76)40(25-29(5)6)63(20)51(71)35(15)58-50(70)46(31(9)10)64(21)53(73)44(36(16)65)61-48(68)39(24-28(3)4)62(19)52(72)43(34(14)23-2)60-49(69)41(26-30(7)8)79-56(77)47(67)32(11)12/h28-41,43-47,57,65,67H,22-27H2,1-21H3,(H,58,70)(H,59,66)(H,60,69)(H,61,68)(H,74,75)/t33?,34-,35-,36+,37?,38?,39-,40-,41-,43-,44-,45?,46-,47-/m0/s1. The van der Waals surface area contributed by atoms with Crippen LogP contribution in [-0.4, -0.2) is 190 Å². The molecule has 0 aromatic heterocycles. The lowest BCUT2D eigenvalue weighted by Crippen LogP contribution is -2.63. The zero-order chi connectivity index (χ0) is 61.7. The van der Waals surface area contributed by atoms with Crippen LogP contribution in [0, 0.1) is 41.4 Å². The van der Waals surface area contributed by atoms with Crippen molar-refractivity contribution in [2.75, 3.05) is 28.2 Å². The number of carboxylic acid groups (broad SMARTS) is 1. The molecule has 23 nitrogen and oxygen atoms in total. The average molecular weight is 1130 g/mol. The molecule has 23 heteroatoms. The number of amides is 7. The summed E-state index contributed by atoms with van der Waals surface area (Å²) >= 11 is 0. The minimum atomic E-state index is -1.65.